The lowest BCUT2D eigenvalue weighted by molar-refractivity contribution is 0.298. The van der Waals surface area contributed by atoms with Crippen LogP contribution in [0, 0.1) is 5.92 Å². The maximum Gasteiger partial charge on any atom is 0.173 e. The van der Waals surface area contributed by atoms with E-state index in [9.17, 15) is 0 Å². The fraction of sp³-hybridized carbons (Fsp3) is 0.350. The first-order valence-corrected chi connectivity index (χ1v) is 9.03. The number of methoxy groups -OCH3 is 1. The molecule has 0 aliphatic heterocycles. The van der Waals surface area contributed by atoms with Crippen molar-refractivity contribution in [1.29, 1.82) is 0 Å². The quantitative estimate of drug-likeness (QED) is 0.592. The molecule has 1 atom stereocenters. The van der Waals surface area contributed by atoms with Crippen molar-refractivity contribution >= 4 is 23.0 Å². The number of hydrogen-bond acceptors (Lipinski definition) is 3. The minimum atomic E-state index is 0.621. The third-order valence-corrected chi connectivity index (χ3v) is 4.77. The molecule has 1 N–H and O–H groups in total. The predicted octanol–water partition coefficient (Wildman–Crippen LogP) is 4.84. The van der Waals surface area contributed by atoms with Gasteiger partial charge in [0.1, 0.15) is 11.5 Å². The monoisotopic (exact) mass is 356 g/mol. The smallest absolute Gasteiger partial charge is 0.173 e. The van der Waals surface area contributed by atoms with Crippen LogP contribution in [0.5, 0.6) is 5.75 Å². The van der Waals surface area contributed by atoms with E-state index in [0.29, 0.717) is 12.5 Å². The number of hydrogen-bond donors (Lipinski definition) is 1. The molecular formula is C20H24N2O2S. The summed E-state index contributed by atoms with van der Waals surface area (Å²) in [6.45, 7) is 1.60. The molecule has 1 aliphatic rings. The van der Waals surface area contributed by atoms with Gasteiger partial charge in [-0.25, -0.2) is 0 Å². The number of furan rings is 1. The van der Waals surface area contributed by atoms with Crippen LogP contribution in [0.1, 0.15) is 25.0 Å². The molecule has 1 aromatic carbocycles. The Morgan fingerprint density at radius 3 is 2.76 bits per heavy atom. The minimum Gasteiger partial charge on any atom is -0.497 e. The summed E-state index contributed by atoms with van der Waals surface area (Å²) in [4.78, 5) is 2.20. The molecule has 3 rings (SSSR count). The zero-order valence-corrected chi connectivity index (χ0v) is 15.3. The molecule has 4 nitrogen and oxygen atoms in total. The highest BCUT2D eigenvalue weighted by molar-refractivity contribution is 7.80. The van der Waals surface area contributed by atoms with Gasteiger partial charge in [-0.15, -0.1) is 0 Å². The van der Waals surface area contributed by atoms with E-state index in [1.54, 1.807) is 13.4 Å². The molecule has 1 heterocycles. The van der Waals surface area contributed by atoms with Crippen molar-refractivity contribution < 1.29 is 9.15 Å². The van der Waals surface area contributed by atoms with Gasteiger partial charge < -0.3 is 19.4 Å². The highest BCUT2D eigenvalue weighted by atomic mass is 32.1. The molecule has 1 aromatic heterocycles. The molecule has 25 heavy (non-hydrogen) atoms. The third-order valence-electron chi connectivity index (χ3n) is 4.41. The summed E-state index contributed by atoms with van der Waals surface area (Å²) in [6.07, 6.45) is 9.71. The zero-order valence-electron chi connectivity index (χ0n) is 14.5. The number of benzene rings is 1. The average molecular weight is 356 g/mol. The molecule has 0 bridgehead atoms. The number of rotatable bonds is 6. The second-order valence-corrected chi connectivity index (χ2v) is 6.66. The first kappa shape index (κ1) is 17.5. The fourth-order valence-electron chi connectivity index (χ4n) is 3.02. The number of thiocarbonyl (C=S) groups is 1. The number of nitrogens with zero attached hydrogens (tertiary/aromatic N) is 1. The summed E-state index contributed by atoms with van der Waals surface area (Å²) in [5, 5.41) is 4.06. The van der Waals surface area contributed by atoms with Gasteiger partial charge in [0.25, 0.3) is 0 Å². The van der Waals surface area contributed by atoms with E-state index in [1.807, 2.05) is 36.4 Å². The maximum atomic E-state index is 5.68. The van der Waals surface area contributed by atoms with E-state index < -0.39 is 0 Å². The van der Waals surface area contributed by atoms with E-state index in [-0.39, 0.29) is 0 Å². The van der Waals surface area contributed by atoms with E-state index in [0.717, 1.165) is 41.7 Å². The van der Waals surface area contributed by atoms with Crippen molar-refractivity contribution in [1.82, 2.24) is 4.90 Å². The number of allylic oxidation sites excluding steroid dienone is 2. The van der Waals surface area contributed by atoms with E-state index in [2.05, 4.69) is 22.4 Å². The van der Waals surface area contributed by atoms with Crippen LogP contribution in [0.2, 0.25) is 0 Å². The molecule has 0 saturated heterocycles. The molecule has 0 saturated carbocycles. The van der Waals surface area contributed by atoms with Gasteiger partial charge >= 0.3 is 0 Å². The van der Waals surface area contributed by atoms with Crippen molar-refractivity contribution in [2.75, 3.05) is 19.0 Å². The van der Waals surface area contributed by atoms with Crippen molar-refractivity contribution in [2.45, 2.75) is 25.8 Å². The minimum absolute atomic E-state index is 0.621. The van der Waals surface area contributed by atoms with E-state index in [4.69, 9.17) is 21.4 Å². The number of ether oxygens (including phenoxy) is 1. The van der Waals surface area contributed by atoms with Crippen LogP contribution in [-0.2, 0) is 6.54 Å². The molecule has 0 spiro atoms. The molecule has 0 fully saturated rings. The van der Waals surface area contributed by atoms with Crippen LogP contribution in [0.15, 0.2) is 59.2 Å². The van der Waals surface area contributed by atoms with Gasteiger partial charge in [-0.2, -0.15) is 0 Å². The van der Waals surface area contributed by atoms with Crippen LogP contribution >= 0.6 is 12.2 Å². The Kier molecular flexibility index (Phi) is 6.12. The van der Waals surface area contributed by atoms with Crippen LogP contribution < -0.4 is 10.1 Å². The lowest BCUT2D eigenvalue weighted by Crippen LogP contribution is -2.38. The van der Waals surface area contributed by atoms with Gasteiger partial charge in [-0.1, -0.05) is 12.2 Å². The Balaban J connectivity index is 1.67. The molecule has 2 aromatic rings. The van der Waals surface area contributed by atoms with Crippen molar-refractivity contribution in [3.8, 4) is 5.75 Å². The summed E-state index contributed by atoms with van der Waals surface area (Å²) in [5.74, 6) is 2.37. The molecule has 0 amide bonds. The Hall–Kier alpha value is -2.27. The topological polar surface area (TPSA) is 37.6 Å². The zero-order chi connectivity index (χ0) is 17.5. The molecule has 0 radical (unpaired) electrons. The van der Waals surface area contributed by atoms with Gasteiger partial charge in [0.2, 0.25) is 0 Å². The highest BCUT2D eigenvalue weighted by Gasteiger charge is 2.18. The lowest BCUT2D eigenvalue weighted by Gasteiger charge is -2.30. The molecule has 5 heteroatoms. The van der Waals surface area contributed by atoms with Crippen LogP contribution in [0.4, 0.5) is 5.69 Å². The summed E-state index contributed by atoms with van der Waals surface area (Å²) >= 11 is 5.68. The lowest BCUT2D eigenvalue weighted by atomic mass is 9.94. The molecule has 1 unspecified atom stereocenters. The van der Waals surface area contributed by atoms with Gasteiger partial charge in [0, 0.05) is 12.2 Å². The molecule has 132 valence electrons. The molecule has 1 aliphatic carbocycles. The number of nitrogens with one attached hydrogen (secondary N) is 1. The summed E-state index contributed by atoms with van der Waals surface area (Å²) in [6, 6.07) is 11.7. The predicted molar refractivity (Wildman–Crippen MR) is 105 cm³/mol. The van der Waals surface area contributed by atoms with E-state index in [1.165, 1.54) is 6.42 Å². The van der Waals surface area contributed by atoms with E-state index >= 15 is 0 Å². The summed E-state index contributed by atoms with van der Waals surface area (Å²) in [5.41, 5.74) is 0.957. The van der Waals surface area contributed by atoms with Crippen molar-refractivity contribution in [3.05, 3.63) is 60.6 Å². The maximum absolute atomic E-state index is 5.68. The number of anilines is 1. The summed E-state index contributed by atoms with van der Waals surface area (Å²) in [7, 11) is 1.66. The first-order chi connectivity index (χ1) is 12.2. The van der Waals surface area contributed by atoms with Gasteiger partial charge in [0.05, 0.1) is 19.9 Å². The van der Waals surface area contributed by atoms with Crippen LogP contribution in [-0.4, -0.2) is 23.7 Å². The normalized spacial score (nSPS) is 16.4. The Morgan fingerprint density at radius 1 is 1.28 bits per heavy atom. The Morgan fingerprint density at radius 2 is 2.12 bits per heavy atom. The fourth-order valence-corrected chi connectivity index (χ4v) is 3.28. The standard InChI is InChI=1S/C20H24N2O2S/c1-23-18-11-9-17(10-12-18)21-20(25)22(15-19-8-5-13-24-19)14-16-6-3-2-4-7-16/h2-3,5,8-13,16H,4,6-7,14-15H2,1H3,(H,21,25). The second kappa shape index (κ2) is 8.72. The Bertz CT molecular complexity index is 695. The Labute approximate surface area is 154 Å². The van der Waals surface area contributed by atoms with Crippen LogP contribution in [0.3, 0.4) is 0 Å². The third kappa shape index (κ3) is 5.10. The summed E-state index contributed by atoms with van der Waals surface area (Å²) < 4.78 is 10.7. The van der Waals surface area contributed by atoms with Crippen molar-refractivity contribution in [3.63, 3.8) is 0 Å². The first-order valence-electron chi connectivity index (χ1n) is 8.62. The SMILES string of the molecule is COc1ccc(NC(=S)N(Cc2ccco2)CC2CC=CCC2)cc1. The largest absolute Gasteiger partial charge is 0.497 e. The second-order valence-electron chi connectivity index (χ2n) is 6.27. The van der Waals surface area contributed by atoms with Gasteiger partial charge in [0.15, 0.2) is 5.11 Å². The van der Waals surface area contributed by atoms with Gasteiger partial charge in [-0.05, 0) is 73.8 Å². The van der Waals surface area contributed by atoms with Crippen LogP contribution in [0.25, 0.3) is 0 Å². The molecular weight excluding hydrogens is 332 g/mol. The van der Waals surface area contributed by atoms with Crippen molar-refractivity contribution in [2.24, 2.45) is 5.92 Å². The van der Waals surface area contributed by atoms with Gasteiger partial charge in [-0.3, -0.25) is 0 Å². The highest BCUT2D eigenvalue weighted by Crippen LogP contribution is 2.22. The average Bonchev–Trinajstić information content (AvgIpc) is 3.16.